The highest BCUT2D eigenvalue weighted by Gasteiger charge is 2.25. The standard InChI is InChI=1S/C15H24N4O/c1-3-17-8-12-7-11(2)15(18-9-12)19-6-4-5-13(10-19)14(16)20/h7,9,13,17H,3-6,8,10H2,1-2H3,(H2,16,20). The fourth-order valence-electron chi connectivity index (χ4n) is 2.72. The molecule has 0 bridgehead atoms. The molecule has 1 aliphatic rings. The van der Waals surface area contributed by atoms with Crippen molar-refractivity contribution in [3.8, 4) is 0 Å². The second-order valence-electron chi connectivity index (χ2n) is 5.45. The Kier molecular flexibility index (Phi) is 4.95. The Balaban J connectivity index is 2.10. The van der Waals surface area contributed by atoms with Crippen LogP contribution in [0.2, 0.25) is 0 Å². The summed E-state index contributed by atoms with van der Waals surface area (Å²) in [6, 6.07) is 2.17. The molecule has 110 valence electrons. The summed E-state index contributed by atoms with van der Waals surface area (Å²) in [5, 5.41) is 3.30. The highest BCUT2D eigenvalue weighted by molar-refractivity contribution is 5.77. The fourth-order valence-corrected chi connectivity index (χ4v) is 2.72. The minimum Gasteiger partial charge on any atom is -0.369 e. The van der Waals surface area contributed by atoms with E-state index in [-0.39, 0.29) is 11.8 Å². The molecule has 1 aromatic heterocycles. The van der Waals surface area contributed by atoms with E-state index in [2.05, 4.69) is 35.1 Å². The molecular formula is C15H24N4O. The maximum absolute atomic E-state index is 11.4. The third-order valence-electron chi connectivity index (χ3n) is 3.81. The Morgan fingerprint density at radius 2 is 2.40 bits per heavy atom. The van der Waals surface area contributed by atoms with Gasteiger partial charge in [-0.15, -0.1) is 0 Å². The summed E-state index contributed by atoms with van der Waals surface area (Å²) in [5.41, 5.74) is 7.78. The van der Waals surface area contributed by atoms with E-state index >= 15 is 0 Å². The lowest BCUT2D eigenvalue weighted by Gasteiger charge is -2.33. The van der Waals surface area contributed by atoms with Gasteiger partial charge in [0.05, 0.1) is 5.92 Å². The molecule has 1 amide bonds. The molecule has 0 saturated carbocycles. The van der Waals surface area contributed by atoms with E-state index in [1.54, 1.807) is 0 Å². The van der Waals surface area contributed by atoms with Crippen molar-refractivity contribution in [3.63, 3.8) is 0 Å². The van der Waals surface area contributed by atoms with Gasteiger partial charge in [0.2, 0.25) is 5.91 Å². The van der Waals surface area contributed by atoms with Crippen molar-refractivity contribution in [1.82, 2.24) is 10.3 Å². The van der Waals surface area contributed by atoms with E-state index in [0.717, 1.165) is 43.9 Å². The normalized spacial score (nSPS) is 19.1. The predicted molar refractivity (Wildman–Crippen MR) is 80.5 cm³/mol. The third-order valence-corrected chi connectivity index (χ3v) is 3.81. The quantitative estimate of drug-likeness (QED) is 0.848. The molecule has 1 fully saturated rings. The first kappa shape index (κ1) is 14.8. The van der Waals surface area contributed by atoms with Gasteiger partial charge in [-0.05, 0) is 43.5 Å². The first-order valence-corrected chi connectivity index (χ1v) is 7.32. The Morgan fingerprint density at radius 3 is 3.05 bits per heavy atom. The van der Waals surface area contributed by atoms with Gasteiger partial charge in [0, 0.05) is 25.8 Å². The lowest BCUT2D eigenvalue weighted by Crippen LogP contribution is -2.41. The van der Waals surface area contributed by atoms with E-state index in [0.29, 0.717) is 6.54 Å². The third kappa shape index (κ3) is 3.48. The number of amides is 1. The second kappa shape index (κ2) is 6.70. The van der Waals surface area contributed by atoms with Gasteiger partial charge >= 0.3 is 0 Å². The number of hydrogen-bond donors (Lipinski definition) is 2. The molecule has 0 spiro atoms. The number of aromatic nitrogens is 1. The first-order valence-electron chi connectivity index (χ1n) is 7.32. The van der Waals surface area contributed by atoms with Crippen molar-refractivity contribution in [2.24, 2.45) is 11.7 Å². The second-order valence-corrected chi connectivity index (χ2v) is 5.45. The predicted octanol–water partition coefficient (Wildman–Crippen LogP) is 1.20. The maximum Gasteiger partial charge on any atom is 0.222 e. The highest BCUT2D eigenvalue weighted by Crippen LogP contribution is 2.24. The van der Waals surface area contributed by atoms with E-state index in [1.165, 1.54) is 5.56 Å². The number of nitrogens with zero attached hydrogens (tertiary/aromatic N) is 2. The topological polar surface area (TPSA) is 71.2 Å². The summed E-state index contributed by atoms with van der Waals surface area (Å²) in [5.74, 6) is 0.735. The van der Waals surface area contributed by atoms with Crippen LogP contribution >= 0.6 is 0 Å². The molecule has 2 heterocycles. The Labute approximate surface area is 120 Å². The van der Waals surface area contributed by atoms with Crippen LogP contribution in [0.3, 0.4) is 0 Å². The molecule has 1 aliphatic heterocycles. The minimum atomic E-state index is -0.198. The van der Waals surface area contributed by atoms with Gasteiger partial charge in [0.1, 0.15) is 5.82 Å². The minimum absolute atomic E-state index is 0.0496. The number of nitrogens with one attached hydrogen (secondary N) is 1. The zero-order valence-electron chi connectivity index (χ0n) is 12.4. The van der Waals surface area contributed by atoms with Crippen LogP contribution in [0, 0.1) is 12.8 Å². The van der Waals surface area contributed by atoms with E-state index in [1.807, 2.05) is 6.20 Å². The van der Waals surface area contributed by atoms with Crippen molar-refractivity contribution in [3.05, 3.63) is 23.4 Å². The van der Waals surface area contributed by atoms with Crippen molar-refractivity contribution in [1.29, 1.82) is 0 Å². The van der Waals surface area contributed by atoms with E-state index in [9.17, 15) is 4.79 Å². The molecule has 0 aromatic carbocycles. The van der Waals surface area contributed by atoms with Crippen LogP contribution in [0.4, 0.5) is 5.82 Å². The van der Waals surface area contributed by atoms with Crippen LogP contribution in [-0.4, -0.2) is 30.5 Å². The first-order chi connectivity index (χ1) is 9.61. The van der Waals surface area contributed by atoms with Gasteiger partial charge in [-0.1, -0.05) is 6.92 Å². The Hall–Kier alpha value is -1.62. The monoisotopic (exact) mass is 276 g/mol. The highest BCUT2D eigenvalue weighted by atomic mass is 16.1. The largest absolute Gasteiger partial charge is 0.369 e. The fraction of sp³-hybridized carbons (Fsp3) is 0.600. The number of anilines is 1. The van der Waals surface area contributed by atoms with Crippen LogP contribution in [0.25, 0.3) is 0 Å². The number of carbonyl (C=O) groups excluding carboxylic acids is 1. The molecule has 5 nitrogen and oxygen atoms in total. The summed E-state index contributed by atoms with van der Waals surface area (Å²) in [6.07, 6.45) is 3.80. The van der Waals surface area contributed by atoms with Crippen molar-refractivity contribution in [2.45, 2.75) is 33.2 Å². The van der Waals surface area contributed by atoms with Gasteiger partial charge < -0.3 is 16.0 Å². The zero-order valence-corrected chi connectivity index (χ0v) is 12.4. The van der Waals surface area contributed by atoms with Crippen LogP contribution < -0.4 is 16.0 Å². The number of aryl methyl sites for hydroxylation is 1. The molecule has 0 radical (unpaired) electrons. The lowest BCUT2D eigenvalue weighted by atomic mass is 9.97. The molecule has 5 heteroatoms. The summed E-state index contributed by atoms with van der Waals surface area (Å²) in [7, 11) is 0. The molecule has 2 rings (SSSR count). The van der Waals surface area contributed by atoms with Gasteiger partial charge in [0.15, 0.2) is 0 Å². The lowest BCUT2D eigenvalue weighted by molar-refractivity contribution is -0.122. The van der Waals surface area contributed by atoms with Gasteiger partial charge in [-0.25, -0.2) is 4.98 Å². The molecule has 3 N–H and O–H groups in total. The number of piperidine rings is 1. The smallest absolute Gasteiger partial charge is 0.222 e. The van der Waals surface area contributed by atoms with E-state index in [4.69, 9.17) is 5.73 Å². The molecule has 1 aromatic rings. The van der Waals surface area contributed by atoms with Crippen LogP contribution in [0.15, 0.2) is 12.3 Å². The average molecular weight is 276 g/mol. The van der Waals surface area contributed by atoms with Crippen molar-refractivity contribution >= 4 is 11.7 Å². The molecule has 1 atom stereocenters. The molecule has 1 saturated heterocycles. The average Bonchev–Trinajstić information content (AvgIpc) is 2.45. The van der Waals surface area contributed by atoms with Crippen LogP contribution in [0.1, 0.15) is 30.9 Å². The summed E-state index contributed by atoms with van der Waals surface area (Å²) >= 11 is 0. The number of primary amides is 1. The van der Waals surface area contributed by atoms with Crippen LogP contribution in [-0.2, 0) is 11.3 Å². The molecule has 20 heavy (non-hydrogen) atoms. The summed E-state index contributed by atoms with van der Waals surface area (Å²) in [6.45, 7) is 7.60. The molecule has 0 aliphatic carbocycles. The zero-order chi connectivity index (χ0) is 14.5. The van der Waals surface area contributed by atoms with Crippen LogP contribution in [0.5, 0.6) is 0 Å². The maximum atomic E-state index is 11.4. The van der Waals surface area contributed by atoms with Crippen molar-refractivity contribution < 1.29 is 4.79 Å². The van der Waals surface area contributed by atoms with Gasteiger partial charge in [0.25, 0.3) is 0 Å². The van der Waals surface area contributed by atoms with Gasteiger partial charge in [-0.3, -0.25) is 4.79 Å². The molecular weight excluding hydrogens is 252 g/mol. The number of hydrogen-bond acceptors (Lipinski definition) is 4. The van der Waals surface area contributed by atoms with Crippen molar-refractivity contribution in [2.75, 3.05) is 24.5 Å². The number of rotatable bonds is 5. The Bertz CT molecular complexity index is 475. The number of nitrogens with two attached hydrogens (primary N) is 1. The van der Waals surface area contributed by atoms with Gasteiger partial charge in [-0.2, -0.15) is 0 Å². The summed E-state index contributed by atoms with van der Waals surface area (Å²) < 4.78 is 0. The van der Waals surface area contributed by atoms with E-state index < -0.39 is 0 Å². The number of carbonyl (C=O) groups is 1. The number of pyridine rings is 1. The molecule has 1 unspecified atom stereocenters. The SMILES string of the molecule is CCNCc1cnc(N2CCCC(C(N)=O)C2)c(C)c1. The Morgan fingerprint density at radius 1 is 1.60 bits per heavy atom. The summed E-state index contributed by atoms with van der Waals surface area (Å²) in [4.78, 5) is 18.1.